The Morgan fingerprint density at radius 1 is 1.44 bits per heavy atom. The van der Waals surface area contributed by atoms with Crippen LogP contribution in [0.4, 0.5) is 24.9 Å². The van der Waals surface area contributed by atoms with Crippen molar-refractivity contribution in [2.75, 3.05) is 23.8 Å². The van der Waals surface area contributed by atoms with E-state index in [4.69, 9.17) is 0 Å². The summed E-state index contributed by atoms with van der Waals surface area (Å²) in [6.07, 6.45) is -2.85. The fourth-order valence-electron chi connectivity index (χ4n) is 1.38. The van der Waals surface area contributed by atoms with Crippen LogP contribution in [0.25, 0.3) is 0 Å². The molecule has 1 aromatic heterocycles. The maximum absolute atomic E-state index is 12.5. The quantitative estimate of drug-likeness (QED) is 0.923. The van der Waals surface area contributed by atoms with Crippen molar-refractivity contribution in [3.8, 4) is 0 Å². The molecular formula is C10H14BrF3N4. The lowest BCUT2D eigenvalue weighted by atomic mass is 10.3. The third-order valence-electron chi connectivity index (χ3n) is 2.19. The van der Waals surface area contributed by atoms with E-state index < -0.39 is 12.7 Å². The van der Waals surface area contributed by atoms with Crippen LogP contribution in [-0.4, -0.2) is 35.8 Å². The summed E-state index contributed by atoms with van der Waals surface area (Å²) in [5.74, 6) is 0.502. The summed E-state index contributed by atoms with van der Waals surface area (Å²) in [5.41, 5.74) is 0. The average molecular weight is 327 g/mol. The van der Waals surface area contributed by atoms with Gasteiger partial charge in [0.05, 0.1) is 4.47 Å². The summed E-state index contributed by atoms with van der Waals surface area (Å²) in [7, 11) is 1.61. The SMILES string of the molecule is CNc1ncc(Br)c(N(CC(F)(F)F)C(C)C)n1. The van der Waals surface area contributed by atoms with Gasteiger partial charge in [0.2, 0.25) is 5.95 Å². The van der Waals surface area contributed by atoms with Crippen LogP contribution in [0, 0.1) is 0 Å². The number of rotatable bonds is 4. The van der Waals surface area contributed by atoms with Crippen molar-refractivity contribution in [1.29, 1.82) is 0 Å². The van der Waals surface area contributed by atoms with Gasteiger partial charge in [-0.1, -0.05) is 0 Å². The molecule has 0 atom stereocenters. The molecule has 8 heteroatoms. The third-order valence-corrected chi connectivity index (χ3v) is 2.75. The molecule has 1 aromatic rings. The van der Waals surface area contributed by atoms with Crippen LogP contribution in [0.5, 0.6) is 0 Å². The van der Waals surface area contributed by atoms with Crippen LogP contribution in [0.2, 0.25) is 0 Å². The van der Waals surface area contributed by atoms with Gasteiger partial charge >= 0.3 is 6.18 Å². The number of hydrogen-bond acceptors (Lipinski definition) is 4. The smallest absolute Gasteiger partial charge is 0.357 e. The molecule has 0 unspecified atom stereocenters. The monoisotopic (exact) mass is 326 g/mol. The second kappa shape index (κ2) is 5.73. The zero-order valence-corrected chi connectivity index (χ0v) is 11.8. The Kier molecular flexibility index (Phi) is 4.78. The zero-order valence-electron chi connectivity index (χ0n) is 10.2. The van der Waals surface area contributed by atoms with Crippen LogP contribution in [0.3, 0.4) is 0 Å². The normalized spacial score (nSPS) is 11.8. The highest BCUT2D eigenvalue weighted by Gasteiger charge is 2.33. The highest BCUT2D eigenvalue weighted by atomic mass is 79.9. The first-order chi connectivity index (χ1) is 8.24. The van der Waals surface area contributed by atoms with E-state index in [1.165, 1.54) is 11.1 Å². The van der Waals surface area contributed by atoms with Crippen molar-refractivity contribution in [3.63, 3.8) is 0 Å². The standard InChI is InChI=1S/C10H14BrF3N4/c1-6(2)18(5-10(12,13)14)8-7(11)4-16-9(15-3)17-8/h4,6H,5H2,1-3H3,(H,15,16,17). The molecule has 0 bridgehead atoms. The first-order valence-corrected chi connectivity index (χ1v) is 6.07. The number of halogens is 4. The minimum absolute atomic E-state index is 0.224. The lowest BCUT2D eigenvalue weighted by Crippen LogP contribution is -2.40. The number of alkyl halides is 3. The van der Waals surface area contributed by atoms with E-state index in [0.29, 0.717) is 4.47 Å². The Morgan fingerprint density at radius 2 is 2.06 bits per heavy atom. The Bertz CT molecular complexity index is 409. The predicted octanol–water partition coefficient (Wildman–Crippen LogP) is 3.06. The van der Waals surface area contributed by atoms with Crippen LogP contribution >= 0.6 is 15.9 Å². The summed E-state index contributed by atoms with van der Waals surface area (Å²) < 4.78 is 38.1. The lowest BCUT2D eigenvalue weighted by Gasteiger charge is -2.29. The maximum atomic E-state index is 12.5. The van der Waals surface area contributed by atoms with E-state index in [0.717, 1.165) is 0 Å². The molecule has 0 aromatic carbocycles. The van der Waals surface area contributed by atoms with Gasteiger partial charge in [-0.3, -0.25) is 0 Å². The second-order valence-electron chi connectivity index (χ2n) is 3.95. The van der Waals surface area contributed by atoms with E-state index in [2.05, 4.69) is 31.2 Å². The summed E-state index contributed by atoms with van der Waals surface area (Å²) in [6, 6.07) is -0.331. The summed E-state index contributed by atoms with van der Waals surface area (Å²) in [6.45, 7) is 2.31. The van der Waals surface area contributed by atoms with Crippen LogP contribution in [0.15, 0.2) is 10.7 Å². The molecule has 1 rings (SSSR count). The summed E-state index contributed by atoms with van der Waals surface area (Å²) in [5, 5.41) is 2.70. The average Bonchev–Trinajstić information content (AvgIpc) is 2.25. The molecule has 0 spiro atoms. The van der Waals surface area contributed by atoms with Gasteiger partial charge in [-0.25, -0.2) is 4.98 Å². The number of nitrogens with zero attached hydrogens (tertiary/aromatic N) is 3. The fourth-order valence-corrected chi connectivity index (χ4v) is 1.79. The van der Waals surface area contributed by atoms with Crippen molar-refractivity contribution in [2.45, 2.75) is 26.1 Å². The number of aromatic nitrogens is 2. The van der Waals surface area contributed by atoms with Gasteiger partial charge in [-0.15, -0.1) is 0 Å². The van der Waals surface area contributed by atoms with Crippen molar-refractivity contribution in [1.82, 2.24) is 9.97 Å². The topological polar surface area (TPSA) is 41.1 Å². The van der Waals surface area contributed by atoms with Gasteiger partial charge in [0, 0.05) is 19.3 Å². The van der Waals surface area contributed by atoms with Crippen molar-refractivity contribution < 1.29 is 13.2 Å². The lowest BCUT2D eigenvalue weighted by molar-refractivity contribution is -0.120. The largest absolute Gasteiger partial charge is 0.405 e. The molecule has 0 saturated heterocycles. The summed E-state index contributed by atoms with van der Waals surface area (Å²) >= 11 is 3.17. The van der Waals surface area contributed by atoms with Crippen molar-refractivity contribution in [2.24, 2.45) is 0 Å². The Hall–Kier alpha value is -1.05. The molecule has 1 heterocycles. The Labute approximate surface area is 112 Å². The third kappa shape index (κ3) is 4.01. The van der Waals surface area contributed by atoms with Crippen molar-refractivity contribution in [3.05, 3.63) is 10.7 Å². The fraction of sp³-hybridized carbons (Fsp3) is 0.600. The molecule has 1 N–H and O–H groups in total. The molecule has 0 fully saturated rings. The molecular weight excluding hydrogens is 313 g/mol. The molecule has 0 aliphatic carbocycles. The van der Waals surface area contributed by atoms with E-state index in [9.17, 15) is 13.2 Å². The highest BCUT2D eigenvalue weighted by Crippen LogP contribution is 2.29. The first kappa shape index (κ1) is 15.0. The molecule has 0 amide bonds. The number of nitrogens with one attached hydrogen (secondary N) is 1. The summed E-state index contributed by atoms with van der Waals surface area (Å²) in [4.78, 5) is 9.15. The van der Waals surface area contributed by atoms with Gasteiger partial charge in [-0.05, 0) is 29.8 Å². The maximum Gasteiger partial charge on any atom is 0.405 e. The van der Waals surface area contributed by atoms with Gasteiger partial charge in [0.25, 0.3) is 0 Å². The number of hydrogen-bond donors (Lipinski definition) is 1. The molecule has 4 nitrogen and oxygen atoms in total. The highest BCUT2D eigenvalue weighted by molar-refractivity contribution is 9.10. The van der Waals surface area contributed by atoms with Crippen LogP contribution in [0.1, 0.15) is 13.8 Å². The molecule has 0 aliphatic heterocycles. The van der Waals surface area contributed by atoms with Gasteiger partial charge in [-0.2, -0.15) is 18.2 Å². The molecule has 102 valence electrons. The van der Waals surface area contributed by atoms with Crippen molar-refractivity contribution >= 4 is 27.7 Å². The Morgan fingerprint density at radius 3 is 2.50 bits per heavy atom. The second-order valence-corrected chi connectivity index (χ2v) is 4.81. The molecule has 0 saturated carbocycles. The van der Waals surface area contributed by atoms with Gasteiger partial charge < -0.3 is 10.2 Å². The molecule has 18 heavy (non-hydrogen) atoms. The number of anilines is 2. The van der Waals surface area contributed by atoms with E-state index in [-0.39, 0.29) is 17.8 Å². The van der Waals surface area contributed by atoms with Crippen LogP contribution in [-0.2, 0) is 0 Å². The minimum atomic E-state index is -4.28. The minimum Gasteiger partial charge on any atom is -0.357 e. The van der Waals surface area contributed by atoms with E-state index in [1.54, 1.807) is 20.9 Å². The molecule has 0 radical (unpaired) electrons. The zero-order chi connectivity index (χ0) is 13.9. The molecule has 0 aliphatic rings. The van der Waals surface area contributed by atoms with Gasteiger partial charge in [0.15, 0.2) is 0 Å². The first-order valence-electron chi connectivity index (χ1n) is 5.28. The Balaban J connectivity index is 3.12. The van der Waals surface area contributed by atoms with E-state index in [1.807, 2.05) is 0 Å². The van der Waals surface area contributed by atoms with Crippen LogP contribution < -0.4 is 10.2 Å². The van der Waals surface area contributed by atoms with Gasteiger partial charge in [0.1, 0.15) is 12.4 Å². The van der Waals surface area contributed by atoms with E-state index >= 15 is 0 Å². The predicted molar refractivity (Wildman–Crippen MR) is 67.8 cm³/mol.